The minimum absolute atomic E-state index is 0.0183. The van der Waals surface area contributed by atoms with Crippen LogP contribution in [0.1, 0.15) is 32.1 Å². The lowest BCUT2D eigenvalue weighted by Gasteiger charge is -2.25. The molecule has 1 saturated carbocycles. The van der Waals surface area contributed by atoms with Gasteiger partial charge in [-0.3, -0.25) is 4.79 Å². The second-order valence-corrected chi connectivity index (χ2v) is 5.82. The number of anilines is 1. The van der Waals surface area contributed by atoms with E-state index in [4.69, 9.17) is 15.2 Å². The summed E-state index contributed by atoms with van der Waals surface area (Å²) in [5, 5.41) is 2.97. The average molecular weight is 290 g/mol. The Balaban J connectivity index is 1.67. The van der Waals surface area contributed by atoms with Gasteiger partial charge in [0, 0.05) is 30.1 Å². The number of amides is 1. The second kappa shape index (κ2) is 6.35. The Morgan fingerprint density at radius 2 is 1.95 bits per heavy atom. The van der Waals surface area contributed by atoms with Gasteiger partial charge < -0.3 is 20.5 Å². The molecule has 0 spiro atoms. The number of ether oxygens (including phenoxy) is 2. The molecule has 21 heavy (non-hydrogen) atoms. The number of hydrogen-bond acceptors (Lipinski definition) is 4. The van der Waals surface area contributed by atoms with Gasteiger partial charge in [-0.15, -0.1) is 0 Å². The van der Waals surface area contributed by atoms with Crippen LogP contribution in [0.4, 0.5) is 5.69 Å². The lowest BCUT2D eigenvalue weighted by atomic mass is 9.85. The van der Waals surface area contributed by atoms with Crippen molar-refractivity contribution in [2.75, 3.05) is 18.5 Å². The van der Waals surface area contributed by atoms with Crippen molar-refractivity contribution in [3.63, 3.8) is 0 Å². The number of benzene rings is 1. The van der Waals surface area contributed by atoms with Crippen LogP contribution in [0.5, 0.6) is 11.5 Å². The summed E-state index contributed by atoms with van der Waals surface area (Å²) < 4.78 is 11.2. The van der Waals surface area contributed by atoms with E-state index in [1.165, 1.54) is 0 Å². The Morgan fingerprint density at radius 1 is 1.14 bits per heavy atom. The van der Waals surface area contributed by atoms with Crippen LogP contribution in [0.3, 0.4) is 0 Å². The van der Waals surface area contributed by atoms with Gasteiger partial charge >= 0.3 is 0 Å². The zero-order valence-electron chi connectivity index (χ0n) is 12.1. The van der Waals surface area contributed by atoms with Crippen molar-refractivity contribution >= 4 is 11.6 Å². The monoisotopic (exact) mass is 290 g/mol. The minimum atomic E-state index is 0.0183. The van der Waals surface area contributed by atoms with E-state index >= 15 is 0 Å². The van der Waals surface area contributed by atoms with Crippen LogP contribution < -0.4 is 20.5 Å². The number of nitrogens with one attached hydrogen (secondary N) is 1. The molecule has 1 aromatic rings. The largest absolute Gasteiger partial charge is 0.490 e. The molecule has 2 unspecified atom stereocenters. The van der Waals surface area contributed by atoms with E-state index in [0.717, 1.165) is 43.5 Å². The summed E-state index contributed by atoms with van der Waals surface area (Å²) in [7, 11) is 0. The summed E-state index contributed by atoms with van der Waals surface area (Å²) >= 11 is 0. The van der Waals surface area contributed by atoms with Crippen molar-refractivity contribution < 1.29 is 14.3 Å². The van der Waals surface area contributed by atoms with Gasteiger partial charge in [0.2, 0.25) is 5.91 Å². The van der Waals surface area contributed by atoms with Crippen molar-refractivity contribution in [2.24, 2.45) is 11.7 Å². The summed E-state index contributed by atoms with van der Waals surface area (Å²) in [6.07, 6.45) is 4.62. The van der Waals surface area contributed by atoms with E-state index in [1.54, 1.807) is 0 Å². The van der Waals surface area contributed by atoms with Crippen LogP contribution >= 0.6 is 0 Å². The Labute approximate surface area is 124 Å². The summed E-state index contributed by atoms with van der Waals surface area (Å²) in [5.74, 6) is 1.51. The van der Waals surface area contributed by atoms with Gasteiger partial charge in [-0.1, -0.05) is 6.42 Å². The first-order valence-corrected chi connectivity index (χ1v) is 7.68. The first-order valence-electron chi connectivity index (χ1n) is 7.68. The van der Waals surface area contributed by atoms with Gasteiger partial charge in [-0.25, -0.2) is 0 Å². The number of hydrogen-bond donors (Lipinski definition) is 2. The zero-order chi connectivity index (χ0) is 14.7. The van der Waals surface area contributed by atoms with E-state index in [2.05, 4.69) is 5.32 Å². The molecule has 0 bridgehead atoms. The molecule has 1 fully saturated rings. The number of nitrogens with two attached hydrogens (primary N) is 1. The topological polar surface area (TPSA) is 73.6 Å². The zero-order valence-corrected chi connectivity index (χ0v) is 12.1. The SMILES string of the molecule is NC1CCCC(C(=O)Nc2ccc3c(c2)OCCCO3)C1. The molecular weight excluding hydrogens is 268 g/mol. The predicted molar refractivity (Wildman–Crippen MR) is 80.6 cm³/mol. The van der Waals surface area contributed by atoms with E-state index in [0.29, 0.717) is 19.0 Å². The van der Waals surface area contributed by atoms with Gasteiger partial charge in [0.05, 0.1) is 13.2 Å². The molecule has 3 N–H and O–H groups in total. The van der Waals surface area contributed by atoms with Crippen LogP contribution in [0.25, 0.3) is 0 Å². The molecule has 1 aliphatic carbocycles. The fraction of sp³-hybridized carbons (Fsp3) is 0.562. The molecule has 5 nitrogen and oxygen atoms in total. The lowest BCUT2D eigenvalue weighted by Crippen LogP contribution is -2.34. The van der Waals surface area contributed by atoms with E-state index in [-0.39, 0.29) is 17.9 Å². The van der Waals surface area contributed by atoms with Crippen molar-refractivity contribution in [3.05, 3.63) is 18.2 Å². The predicted octanol–water partition coefficient (Wildman–Crippen LogP) is 2.30. The molecule has 114 valence electrons. The van der Waals surface area contributed by atoms with E-state index in [9.17, 15) is 4.79 Å². The standard InChI is InChI=1S/C16H22N2O3/c17-12-4-1-3-11(9-12)16(19)18-13-5-6-14-15(10-13)21-8-2-7-20-14/h5-6,10-12H,1-4,7-9,17H2,(H,18,19). The molecule has 0 aromatic heterocycles. The maximum absolute atomic E-state index is 12.3. The molecule has 0 radical (unpaired) electrons. The van der Waals surface area contributed by atoms with Crippen LogP contribution in [-0.4, -0.2) is 25.2 Å². The Morgan fingerprint density at radius 3 is 2.76 bits per heavy atom. The van der Waals surface area contributed by atoms with Crippen molar-refractivity contribution in [1.82, 2.24) is 0 Å². The number of carbonyl (C=O) groups excluding carboxylic acids is 1. The fourth-order valence-corrected chi connectivity index (χ4v) is 2.95. The first-order chi connectivity index (χ1) is 10.2. The highest BCUT2D eigenvalue weighted by atomic mass is 16.5. The molecule has 3 rings (SSSR count). The Bertz CT molecular complexity index is 518. The maximum atomic E-state index is 12.3. The van der Waals surface area contributed by atoms with E-state index in [1.807, 2.05) is 18.2 Å². The van der Waals surface area contributed by atoms with Gasteiger partial charge in [0.25, 0.3) is 0 Å². The quantitative estimate of drug-likeness (QED) is 0.876. The fourth-order valence-electron chi connectivity index (χ4n) is 2.95. The highest BCUT2D eigenvalue weighted by Gasteiger charge is 2.25. The summed E-state index contributed by atoms with van der Waals surface area (Å²) in [4.78, 5) is 12.3. The molecule has 2 aliphatic rings. The third-order valence-corrected chi connectivity index (χ3v) is 4.10. The minimum Gasteiger partial charge on any atom is -0.490 e. The molecular formula is C16H22N2O3. The second-order valence-electron chi connectivity index (χ2n) is 5.82. The maximum Gasteiger partial charge on any atom is 0.227 e. The van der Waals surface area contributed by atoms with Gasteiger partial charge in [0.1, 0.15) is 0 Å². The molecule has 2 atom stereocenters. The molecule has 1 heterocycles. The molecule has 5 heteroatoms. The molecule has 1 aromatic carbocycles. The van der Waals surface area contributed by atoms with Crippen LogP contribution in [0.2, 0.25) is 0 Å². The van der Waals surface area contributed by atoms with Crippen molar-refractivity contribution in [1.29, 1.82) is 0 Å². The van der Waals surface area contributed by atoms with Gasteiger partial charge in [0.15, 0.2) is 11.5 Å². The Kier molecular flexibility index (Phi) is 4.29. The third kappa shape index (κ3) is 3.47. The van der Waals surface area contributed by atoms with Crippen LogP contribution in [0.15, 0.2) is 18.2 Å². The van der Waals surface area contributed by atoms with E-state index < -0.39 is 0 Å². The molecule has 1 amide bonds. The van der Waals surface area contributed by atoms with Gasteiger partial charge in [-0.05, 0) is 31.4 Å². The van der Waals surface area contributed by atoms with Crippen molar-refractivity contribution in [2.45, 2.75) is 38.1 Å². The van der Waals surface area contributed by atoms with Gasteiger partial charge in [-0.2, -0.15) is 0 Å². The lowest BCUT2D eigenvalue weighted by molar-refractivity contribution is -0.120. The molecule has 0 saturated heterocycles. The average Bonchev–Trinajstić information content (AvgIpc) is 2.72. The highest BCUT2D eigenvalue weighted by molar-refractivity contribution is 5.93. The number of fused-ring (bicyclic) bond motifs is 1. The number of carbonyl (C=O) groups is 1. The summed E-state index contributed by atoms with van der Waals surface area (Å²) in [6.45, 7) is 1.31. The van der Waals surface area contributed by atoms with Crippen LogP contribution in [0, 0.1) is 5.92 Å². The highest BCUT2D eigenvalue weighted by Crippen LogP contribution is 2.33. The van der Waals surface area contributed by atoms with Crippen LogP contribution in [-0.2, 0) is 4.79 Å². The first kappa shape index (κ1) is 14.2. The Hall–Kier alpha value is -1.75. The third-order valence-electron chi connectivity index (χ3n) is 4.10. The molecule has 1 aliphatic heterocycles. The van der Waals surface area contributed by atoms with Crippen molar-refractivity contribution in [3.8, 4) is 11.5 Å². The number of rotatable bonds is 2. The normalized spacial score (nSPS) is 25.0. The smallest absolute Gasteiger partial charge is 0.227 e. The summed E-state index contributed by atoms with van der Waals surface area (Å²) in [5.41, 5.74) is 6.70. The summed E-state index contributed by atoms with van der Waals surface area (Å²) in [6, 6.07) is 5.69.